The van der Waals surface area contributed by atoms with Crippen molar-refractivity contribution in [1.29, 1.82) is 0 Å². The summed E-state index contributed by atoms with van der Waals surface area (Å²) in [7, 11) is -0.621. The van der Waals surface area contributed by atoms with Gasteiger partial charge in [-0.15, -0.1) is 0 Å². The monoisotopic (exact) mass is 296 g/mol. The summed E-state index contributed by atoms with van der Waals surface area (Å²) in [6.45, 7) is 7.15. The van der Waals surface area contributed by atoms with Crippen LogP contribution in [0.5, 0.6) is 0 Å². The molecular weight excluding hydrogens is 258 g/mol. The average Bonchev–Trinajstić information content (AvgIpc) is 2.48. The number of hydrogen-bond donors (Lipinski definition) is 0. The van der Waals surface area contributed by atoms with Crippen molar-refractivity contribution in [3.05, 3.63) is 0 Å². The van der Waals surface area contributed by atoms with Gasteiger partial charge in [-0.1, -0.05) is 46.5 Å². The van der Waals surface area contributed by atoms with E-state index in [1.165, 1.54) is 63.4 Å². The predicted molar refractivity (Wildman–Crippen MR) is 98.9 cm³/mol. The summed E-state index contributed by atoms with van der Waals surface area (Å²) in [5, 5.41) is 0. The van der Waals surface area contributed by atoms with E-state index in [4.69, 9.17) is 0 Å². The maximum atomic E-state index is 2.38. The molecule has 0 aromatic rings. The molecule has 1 aliphatic rings. The van der Waals surface area contributed by atoms with Crippen molar-refractivity contribution in [3.63, 3.8) is 0 Å². The molecule has 0 aromatic carbocycles. The van der Waals surface area contributed by atoms with Crippen LogP contribution < -0.4 is 0 Å². The van der Waals surface area contributed by atoms with Gasteiger partial charge in [0.2, 0.25) is 0 Å². The van der Waals surface area contributed by atoms with Crippen LogP contribution in [0, 0.1) is 0 Å². The molecule has 1 saturated carbocycles. The molecule has 20 heavy (non-hydrogen) atoms. The standard InChI is InChI=1S/C18H38P.B/c1-4-7-15-19(16-8-5-2,17-9-6-3)18-13-11-10-12-14-18;/h18H,4-17H2,1-3H3;/q+1;-1. The second-order valence-electron chi connectivity index (χ2n) is 6.74. The van der Waals surface area contributed by atoms with Gasteiger partial charge in [0.1, 0.15) is 0 Å². The van der Waals surface area contributed by atoms with Crippen LogP contribution in [0.4, 0.5) is 0 Å². The molecule has 1 fully saturated rings. The highest BCUT2D eigenvalue weighted by Gasteiger charge is 2.43. The van der Waals surface area contributed by atoms with E-state index in [9.17, 15) is 0 Å². The highest BCUT2D eigenvalue weighted by molar-refractivity contribution is 7.76. The molecule has 0 unspecified atom stereocenters. The number of rotatable bonds is 10. The first-order valence-corrected chi connectivity index (χ1v) is 11.6. The van der Waals surface area contributed by atoms with Crippen LogP contribution in [-0.4, -0.2) is 32.6 Å². The topological polar surface area (TPSA) is 0 Å². The van der Waals surface area contributed by atoms with Crippen LogP contribution >= 0.6 is 7.26 Å². The number of unbranched alkanes of at least 4 members (excludes halogenated alkanes) is 3. The van der Waals surface area contributed by atoms with E-state index in [1.807, 2.05) is 0 Å². The van der Waals surface area contributed by atoms with E-state index in [-0.39, 0.29) is 8.41 Å². The van der Waals surface area contributed by atoms with Gasteiger partial charge in [-0.2, -0.15) is 0 Å². The van der Waals surface area contributed by atoms with Gasteiger partial charge in [-0.3, -0.25) is 0 Å². The predicted octanol–water partition coefficient (Wildman–Crippen LogP) is 6.36. The molecule has 0 amide bonds. The highest BCUT2D eigenvalue weighted by atomic mass is 31.2. The quantitative estimate of drug-likeness (QED) is 0.325. The summed E-state index contributed by atoms with van der Waals surface area (Å²) < 4.78 is 0. The molecular formula is C18H38BP. The summed E-state index contributed by atoms with van der Waals surface area (Å²) in [5.41, 5.74) is 1.17. The van der Waals surface area contributed by atoms with Crippen molar-refractivity contribution in [1.82, 2.24) is 0 Å². The molecule has 0 nitrogen and oxygen atoms in total. The zero-order valence-electron chi connectivity index (χ0n) is 14.5. The smallest absolute Gasteiger partial charge is 0.0697 e. The molecule has 0 aliphatic heterocycles. The van der Waals surface area contributed by atoms with E-state index >= 15 is 0 Å². The van der Waals surface area contributed by atoms with Crippen molar-refractivity contribution in [2.24, 2.45) is 0 Å². The Hall–Kier alpha value is 0.495. The van der Waals surface area contributed by atoms with E-state index in [0.29, 0.717) is 0 Å². The first-order valence-electron chi connectivity index (χ1n) is 9.14. The van der Waals surface area contributed by atoms with Gasteiger partial charge >= 0.3 is 0 Å². The Balaban J connectivity index is 0.00000361. The summed E-state index contributed by atoms with van der Waals surface area (Å²) in [5.74, 6) is 0. The van der Waals surface area contributed by atoms with Crippen molar-refractivity contribution in [2.75, 3.05) is 18.5 Å². The summed E-state index contributed by atoms with van der Waals surface area (Å²) in [6, 6.07) is 0. The molecule has 0 spiro atoms. The molecule has 4 radical (unpaired) electrons. The van der Waals surface area contributed by atoms with Crippen LogP contribution in [-0.2, 0) is 0 Å². The molecule has 0 aromatic heterocycles. The third-order valence-corrected chi connectivity index (χ3v) is 10.9. The Labute approximate surface area is 131 Å². The highest BCUT2D eigenvalue weighted by Crippen LogP contribution is 2.67. The van der Waals surface area contributed by atoms with E-state index in [2.05, 4.69) is 20.8 Å². The molecule has 2 heteroatoms. The molecule has 0 N–H and O–H groups in total. The average molecular weight is 296 g/mol. The molecule has 0 bridgehead atoms. The van der Waals surface area contributed by atoms with Crippen LogP contribution in [0.15, 0.2) is 0 Å². The largest absolute Gasteiger partial charge is 1.00 e. The zero-order chi connectivity index (χ0) is 14.0. The van der Waals surface area contributed by atoms with Gasteiger partial charge in [-0.25, -0.2) is 0 Å². The zero-order valence-corrected chi connectivity index (χ0v) is 15.4. The Kier molecular flexibility index (Phi) is 12.4. The Morgan fingerprint density at radius 3 is 1.45 bits per heavy atom. The van der Waals surface area contributed by atoms with Gasteiger partial charge < -0.3 is 8.41 Å². The minimum atomic E-state index is -0.621. The lowest BCUT2D eigenvalue weighted by Gasteiger charge is -2.37. The molecule has 0 atom stereocenters. The van der Waals surface area contributed by atoms with Crippen molar-refractivity contribution in [3.8, 4) is 0 Å². The summed E-state index contributed by atoms with van der Waals surface area (Å²) >= 11 is 0. The Bertz CT molecular complexity index is 190. The minimum absolute atomic E-state index is 0. The fraction of sp³-hybridized carbons (Fsp3) is 1.00. The van der Waals surface area contributed by atoms with Crippen molar-refractivity contribution >= 4 is 15.7 Å². The maximum absolute atomic E-state index is 2.38. The third-order valence-electron chi connectivity index (χ3n) is 5.22. The van der Waals surface area contributed by atoms with Crippen molar-refractivity contribution in [2.45, 2.75) is 97.1 Å². The van der Waals surface area contributed by atoms with Gasteiger partial charge in [0.15, 0.2) is 0 Å². The second-order valence-corrected chi connectivity index (χ2v) is 11.3. The molecule has 1 aliphatic carbocycles. The van der Waals surface area contributed by atoms with E-state index < -0.39 is 7.26 Å². The molecule has 0 heterocycles. The normalized spacial score (nSPS) is 16.9. The fourth-order valence-corrected chi connectivity index (χ4v) is 10.00. The first kappa shape index (κ1) is 20.5. The number of hydrogen-bond acceptors (Lipinski definition) is 0. The van der Waals surface area contributed by atoms with Gasteiger partial charge in [0.05, 0.1) is 24.1 Å². The van der Waals surface area contributed by atoms with E-state index in [0.717, 1.165) is 0 Å². The lowest BCUT2D eigenvalue weighted by Crippen LogP contribution is -2.24. The third kappa shape index (κ3) is 6.51. The molecule has 0 saturated heterocycles. The van der Waals surface area contributed by atoms with Crippen LogP contribution in [0.1, 0.15) is 91.4 Å². The lowest BCUT2D eigenvalue weighted by atomic mass is 10.0. The van der Waals surface area contributed by atoms with Gasteiger partial charge in [-0.05, 0) is 44.9 Å². The van der Waals surface area contributed by atoms with Crippen LogP contribution in [0.25, 0.3) is 0 Å². The molecule has 1 rings (SSSR count). The van der Waals surface area contributed by atoms with Crippen molar-refractivity contribution < 1.29 is 0 Å². The van der Waals surface area contributed by atoms with Crippen LogP contribution in [0.2, 0.25) is 0 Å². The SMILES string of the molecule is CCCC[P+](CCCC)(CCCC)C1CCCCC1.[B-]. The Morgan fingerprint density at radius 1 is 0.700 bits per heavy atom. The second kappa shape index (κ2) is 12.1. The van der Waals surface area contributed by atoms with Gasteiger partial charge in [0.25, 0.3) is 0 Å². The molecule has 118 valence electrons. The Morgan fingerprint density at radius 2 is 1.10 bits per heavy atom. The van der Waals surface area contributed by atoms with E-state index in [1.54, 1.807) is 31.3 Å². The first-order chi connectivity index (χ1) is 9.29. The lowest BCUT2D eigenvalue weighted by molar-refractivity contribution is 0.504. The van der Waals surface area contributed by atoms with Crippen LogP contribution in [0.3, 0.4) is 0 Å². The van der Waals surface area contributed by atoms with Gasteiger partial charge in [0, 0.05) is 7.26 Å². The fourth-order valence-electron chi connectivity index (χ4n) is 3.93. The summed E-state index contributed by atoms with van der Waals surface area (Å²) in [6.07, 6.45) is 21.4. The minimum Gasteiger partial charge on any atom is -1.00 e. The summed E-state index contributed by atoms with van der Waals surface area (Å²) in [4.78, 5) is 0. The maximum Gasteiger partial charge on any atom is 0.0697 e.